The molecule has 0 spiro atoms. The molecule has 1 N–H and O–H groups in total. The summed E-state index contributed by atoms with van der Waals surface area (Å²) < 4.78 is 12.1. The predicted molar refractivity (Wildman–Crippen MR) is 89.9 cm³/mol. The summed E-state index contributed by atoms with van der Waals surface area (Å²) in [4.78, 5) is 4.65. The Balaban J connectivity index is 2.28. The average Bonchev–Trinajstić information content (AvgIpc) is 2.85. The maximum absolute atomic E-state index is 5.90. The summed E-state index contributed by atoms with van der Waals surface area (Å²) >= 11 is 1.66. The van der Waals surface area contributed by atoms with Crippen molar-refractivity contribution in [2.24, 2.45) is 0 Å². The summed E-state index contributed by atoms with van der Waals surface area (Å²) in [6.07, 6.45) is 1.02. The monoisotopic (exact) mass is 308 g/mol. The largest absolute Gasteiger partial charge is 0.493 e. The van der Waals surface area contributed by atoms with Crippen molar-refractivity contribution in [1.82, 2.24) is 4.98 Å². The van der Waals surface area contributed by atoms with Crippen LogP contribution in [-0.4, -0.2) is 31.9 Å². The van der Waals surface area contributed by atoms with Crippen molar-refractivity contribution in [3.8, 4) is 5.75 Å². The van der Waals surface area contributed by atoms with E-state index >= 15 is 0 Å². The van der Waals surface area contributed by atoms with Crippen LogP contribution in [0, 0.1) is 0 Å². The third-order valence-corrected chi connectivity index (χ3v) is 4.16. The third-order valence-electron chi connectivity index (χ3n) is 3.19. The molecule has 2 rings (SSSR count). The van der Waals surface area contributed by atoms with Gasteiger partial charge in [-0.05, 0) is 30.0 Å². The second-order valence-electron chi connectivity index (χ2n) is 5.30. The second kappa shape index (κ2) is 7.61. The summed E-state index contributed by atoms with van der Waals surface area (Å²) in [6.45, 7) is 8.69. The summed E-state index contributed by atoms with van der Waals surface area (Å²) in [7, 11) is 1.70. The summed E-state index contributed by atoms with van der Waals surface area (Å²) in [6, 6.07) is 4.28. The van der Waals surface area contributed by atoms with E-state index in [1.165, 1.54) is 5.56 Å². The fourth-order valence-electron chi connectivity index (χ4n) is 2.10. The highest BCUT2D eigenvalue weighted by Gasteiger charge is 2.13. The Morgan fingerprint density at radius 3 is 2.76 bits per heavy atom. The van der Waals surface area contributed by atoms with Crippen molar-refractivity contribution in [1.29, 1.82) is 0 Å². The van der Waals surface area contributed by atoms with Crippen molar-refractivity contribution < 1.29 is 9.47 Å². The molecular weight excluding hydrogens is 284 g/mol. The third kappa shape index (κ3) is 4.08. The lowest BCUT2D eigenvalue weighted by Crippen LogP contribution is -2.06. The van der Waals surface area contributed by atoms with Crippen LogP contribution < -0.4 is 10.1 Å². The Labute approximate surface area is 130 Å². The average molecular weight is 308 g/mol. The van der Waals surface area contributed by atoms with Gasteiger partial charge in [0.25, 0.3) is 0 Å². The smallest absolute Gasteiger partial charge is 0.183 e. The molecule has 21 heavy (non-hydrogen) atoms. The van der Waals surface area contributed by atoms with E-state index in [9.17, 15) is 0 Å². The Kier molecular flexibility index (Phi) is 5.82. The first-order valence-corrected chi connectivity index (χ1v) is 8.27. The molecule has 1 aromatic heterocycles. The maximum Gasteiger partial charge on any atom is 0.183 e. The highest BCUT2D eigenvalue weighted by molar-refractivity contribution is 7.22. The standard InChI is InChI=1S/C16H24N2O2S/c1-5-7-20-14-10-15-13(9-12(14)11(2)3)18-16(21-15)17-6-8-19-4/h9-11H,5-8H2,1-4H3,(H,17,18). The van der Waals surface area contributed by atoms with Crippen LogP contribution in [0.1, 0.15) is 38.7 Å². The molecule has 0 aliphatic heterocycles. The van der Waals surface area contributed by atoms with Gasteiger partial charge in [0, 0.05) is 13.7 Å². The van der Waals surface area contributed by atoms with Crippen LogP contribution in [-0.2, 0) is 4.74 Å². The van der Waals surface area contributed by atoms with Gasteiger partial charge in [-0.15, -0.1) is 0 Å². The minimum absolute atomic E-state index is 0.424. The van der Waals surface area contributed by atoms with E-state index in [1.54, 1.807) is 18.4 Å². The number of nitrogens with zero attached hydrogens (tertiary/aromatic N) is 1. The van der Waals surface area contributed by atoms with Gasteiger partial charge in [0.05, 0.1) is 23.4 Å². The van der Waals surface area contributed by atoms with Crippen molar-refractivity contribution in [3.63, 3.8) is 0 Å². The van der Waals surface area contributed by atoms with Gasteiger partial charge < -0.3 is 14.8 Å². The molecule has 0 amide bonds. The second-order valence-corrected chi connectivity index (χ2v) is 6.33. The Hall–Kier alpha value is -1.33. The molecule has 0 unspecified atom stereocenters. The molecule has 0 bridgehead atoms. The van der Waals surface area contributed by atoms with Gasteiger partial charge >= 0.3 is 0 Å². The summed E-state index contributed by atoms with van der Waals surface area (Å²) in [5, 5.41) is 4.22. The molecule has 0 saturated heterocycles. The molecule has 5 heteroatoms. The zero-order valence-electron chi connectivity index (χ0n) is 13.2. The lowest BCUT2D eigenvalue weighted by molar-refractivity contribution is 0.211. The summed E-state index contributed by atoms with van der Waals surface area (Å²) in [5.41, 5.74) is 2.26. The van der Waals surface area contributed by atoms with Crippen molar-refractivity contribution in [2.75, 3.05) is 32.2 Å². The van der Waals surface area contributed by atoms with Gasteiger partial charge in [-0.3, -0.25) is 0 Å². The Morgan fingerprint density at radius 1 is 1.29 bits per heavy atom. The lowest BCUT2D eigenvalue weighted by atomic mass is 10.0. The number of nitrogens with one attached hydrogen (secondary N) is 1. The van der Waals surface area contributed by atoms with Crippen LogP contribution in [0.2, 0.25) is 0 Å². The zero-order valence-corrected chi connectivity index (χ0v) is 14.0. The molecular formula is C16H24N2O2S. The van der Waals surface area contributed by atoms with Crippen LogP contribution >= 0.6 is 11.3 Å². The number of thiazole rings is 1. The number of hydrogen-bond donors (Lipinski definition) is 1. The van der Waals surface area contributed by atoms with E-state index in [2.05, 4.69) is 43.2 Å². The zero-order chi connectivity index (χ0) is 15.2. The number of aromatic nitrogens is 1. The van der Waals surface area contributed by atoms with E-state index in [1.807, 2.05) is 0 Å². The molecule has 2 aromatic rings. The Bertz CT molecular complexity index is 581. The van der Waals surface area contributed by atoms with Gasteiger partial charge in [0.1, 0.15) is 5.75 Å². The molecule has 0 aliphatic rings. The van der Waals surface area contributed by atoms with E-state index in [0.29, 0.717) is 12.5 Å². The number of methoxy groups -OCH3 is 1. The van der Waals surface area contributed by atoms with Gasteiger partial charge in [-0.2, -0.15) is 0 Å². The Morgan fingerprint density at radius 2 is 2.10 bits per heavy atom. The van der Waals surface area contributed by atoms with Crippen LogP contribution in [0.25, 0.3) is 10.2 Å². The topological polar surface area (TPSA) is 43.4 Å². The molecule has 0 atom stereocenters. The highest BCUT2D eigenvalue weighted by Crippen LogP contribution is 2.35. The normalized spacial score (nSPS) is 11.3. The first-order valence-electron chi connectivity index (χ1n) is 7.45. The van der Waals surface area contributed by atoms with Crippen molar-refractivity contribution >= 4 is 26.7 Å². The van der Waals surface area contributed by atoms with Crippen LogP contribution in [0.5, 0.6) is 5.75 Å². The maximum atomic E-state index is 5.90. The molecule has 116 valence electrons. The minimum Gasteiger partial charge on any atom is -0.493 e. The number of anilines is 1. The van der Waals surface area contributed by atoms with E-state index in [0.717, 1.165) is 40.7 Å². The highest BCUT2D eigenvalue weighted by atomic mass is 32.1. The lowest BCUT2D eigenvalue weighted by Gasteiger charge is -2.13. The van der Waals surface area contributed by atoms with E-state index in [4.69, 9.17) is 9.47 Å². The van der Waals surface area contributed by atoms with Crippen LogP contribution in [0.4, 0.5) is 5.13 Å². The van der Waals surface area contributed by atoms with E-state index in [-0.39, 0.29) is 0 Å². The van der Waals surface area contributed by atoms with Crippen molar-refractivity contribution in [3.05, 3.63) is 17.7 Å². The van der Waals surface area contributed by atoms with Crippen LogP contribution in [0.15, 0.2) is 12.1 Å². The summed E-state index contributed by atoms with van der Waals surface area (Å²) in [5.74, 6) is 1.42. The van der Waals surface area contributed by atoms with Crippen LogP contribution in [0.3, 0.4) is 0 Å². The molecule has 0 aliphatic carbocycles. The fourth-order valence-corrected chi connectivity index (χ4v) is 3.00. The number of hydrogen-bond acceptors (Lipinski definition) is 5. The van der Waals surface area contributed by atoms with Gasteiger partial charge in [-0.1, -0.05) is 32.1 Å². The fraction of sp³-hybridized carbons (Fsp3) is 0.562. The number of benzene rings is 1. The molecule has 0 saturated carbocycles. The number of ether oxygens (including phenoxy) is 2. The number of fused-ring (bicyclic) bond motifs is 1. The first-order chi connectivity index (χ1) is 10.2. The number of rotatable bonds is 8. The molecule has 1 heterocycles. The first kappa shape index (κ1) is 16.0. The molecule has 4 nitrogen and oxygen atoms in total. The SMILES string of the molecule is CCCOc1cc2sc(NCCOC)nc2cc1C(C)C. The minimum atomic E-state index is 0.424. The molecule has 1 aromatic carbocycles. The quantitative estimate of drug-likeness (QED) is 0.740. The van der Waals surface area contributed by atoms with Gasteiger partial charge in [0.2, 0.25) is 0 Å². The molecule has 0 fully saturated rings. The van der Waals surface area contributed by atoms with Gasteiger partial charge in [0.15, 0.2) is 5.13 Å². The predicted octanol–water partition coefficient (Wildman–Crippen LogP) is 4.27. The van der Waals surface area contributed by atoms with Crippen molar-refractivity contribution in [2.45, 2.75) is 33.1 Å². The van der Waals surface area contributed by atoms with Gasteiger partial charge in [-0.25, -0.2) is 4.98 Å². The van der Waals surface area contributed by atoms with E-state index < -0.39 is 0 Å². The molecule has 0 radical (unpaired) electrons.